The largest absolute Gasteiger partial charge is 0.110 e. The second-order valence-electron chi connectivity index (χ2n) is 2.83. The van der Waals surface area contributed by atoms with E-state index < -0.39 is 0 Å². The Kier molecular flexibility index (Phi) is 2.86. The van der Waals surface area contributed by atoms with Crippen LogP contribution >= 0.6 is 23.2 Å². The van der Waals surface area contributed by atoms with Crippen molar-refractivity contribution in [3.05, 3.63) is 33.8 Å². The molecule has 0 heterocycles. The summed E-state index contributed by atoms with van der Waals surface area (Å²) in [7, 11) is 2.12. The van der Waals surface area contributed by atoms with Gasteiger partial charge in [-0.3, -0.25) is 0 Å². The van der Waals surface area contributed by atoms with E-state index in [0.717, 1.165) is 0 Å². The highest BCUT2D eigenvalue weighted by Gasteiger charge is 2.01. The zero-order valence-corrected chi connectivity index (χ0v) is 8.08. The molecule has 0 amide bonds. The molecule has 0 spiro atoms. The Labute approximate surface area is 77.9 Å². The molecule has 1 rings (SSSR count). The molecule has 0 nitrogen and oxygen atoms in total. The lowest BCUT2D eigenvalue weighted by molar-refractivity contribution is 1.08. The molecule has 0 aliphatic carbocycles. The van der Waals surface area contributed by atoms with Gasteiger partial charge in [0.25, 0.3) is 0 Å². The molecule has 0 saturated carbocycles. The van der Waals surface area contributed by atoms with Gasteiger partial charge < -0.3 is 0 Å². The van der Waals surface area contributed by atoms with Crippen molar-refractivity contribution in [3.63, 3.8) is 0 Å². The molecule has 1 unspecified atom stereocenters. The lowest BCUT2D eigenvalue weighted by Gasteiger charge is -2.05. The van der Waals surface area contributed by atoms with E-state index in [9.17, 15) is 0 Å². The van der Waals surface area contributed by atoms with Gasteiger partial charge in [-0.2, -0.15) is 0 Å². The van der Waals surface area contributed by atoms with E-state index in [1.165, 1.54) is 5.56 Å². The van der Waals surface area contributed by atoms with Crippen LogP contribution in [0.3, 0.4) is 0 Å². The van der Waals surface area contributed by atoms with E-state index in [2.05, 4.69) is 14.8 Å². The number of halogens is 2. The van der Waals surface area contributed by atoms with E-state index in [-0.39, 0.29) is 0 Å². The van der Waals surface area contributed by atoms with Crippen LogP contribution in [-0.2, 0) is 0 Å². The first-order valence-corrected chi connectivity index (χ1v) is 4.32. The Balaban J connectivity index is 3.05. The van der Waals surface area contributed by atoms with Crippen molar-refractivity contribution in [1.29, 1.82) is 0 Å². The molecule has 0 N–H and O–H groups in total. The third-order valence-corrected chi connectivity index (χ3v) is 2.35. The van der Waals surface area contributed by atoms with Gasteiger partial charge in [-0.1, -0.05) is 41.8 Å². The highest BCUT2D eigenvalue weighted by Crippen LogP contribution is 2.24. The zero-order valence-electron chi connectivity index (χ0n) is 6.57. The predicted octanol–water partition coefficient (Wildman–Crippen LogP) is 2.69. The van der Waals surface area contributed by atoms with Gasteiger partial charge in [0.15, 0.2) is 0 Å². The second kappa shape index (κ2) is 3.51. The van der Waals surface area contributed by atoms with E-state index in [4.69, 9.17) is 23.2 Å². The van der Waals surface area contributed by atoms with Crippen LogP contribution in [0.25, 0.3) is 0 Å². The highest BCUT2D eigenvalue weighted by molar-refractivity contribution is 6.42. The lowest BCUT2D eigenvalue weighted by Crippen LogP contribution is -1.90. The molecular formula is C8H9BCl2. The number of benzene rings is 1. The van der Waals surface area contributed by atoms with Gasteiger partial charge in [0.05, 0.1) is 10.0 Å². The monoisotopic (exact) mass is 186 g/mol. The van der Waals surface area contributed by atoms with Gasteiger partial charge in [0.2, 0.25) is 0 Å². The van der Waals surface area contributed by atoms with Gasteiger partial charge in [0, 0.05) is 0 Å². The Morgan fingerprint density at radius 2 is 1.91 bits per heavy atom. The molecular weight excluding hydrogens is 178 g/mol. The maximum absolute atomic E-state index is 5.83. The molecule has 0 aromatic heterocycles. The Hall–Kier alpha value is -0.135. The summed E-state index contributed by atoms with van der Waals surface area (Å²) in [6, 6.07) is 5.74. The van der Waals surface area contributed by atoms with Crippen LogP contribution < -0.4 is 0 Å². The van der Waals surface area contributed by atoms with E-state index >= 15 is 0 Å². The van der Waals surface area contributed by atoms with Gasteiger partial charge >= 0.3 is 0 Å². The summed E-state index contributed by atoms with van der Waals surface area (Å²) in [5.74, 6) is 0.504. The van der Waals surface area contributed by atoms with Gasteiger partial charge in [-0.05, 0) is 17.9 Å². The molecule has 0 aliphatic heterocycles. The summed E-state index contributed by atoms with van der Waals surface area (Å²) in [6.45, 7) is 2.12. The number of hydrogen-bond acceptors (Lipinski definition) is 0. The van der Waals surface area contributed by atoms with Gasteiger partial charge in [0.1, 0.15) is 7.85 Å². The molecule has 0 bridgehead atoms. The van der Waals surface area contributed by atoms with Crippen molar-refractivity contribution >= 4 is 31.0 Å². The molecule has 1 aromatic carbocycles. The molecule has 0 saturated heterocycles. The summed E-state index contributed by atoms with van der Waals surface area (Å²) in [5, 5.41) is 1.26. The molecule has 58 valence electrons. The van der Waals surface area contributed by atoms with Crippen LogP contribution in [0.5, 0.6) is 0 Å². The predicted molar refractivity (Wildman–Crippen MR) is 53.4 cm³/mol. The van der Waals surface area contributed by atoms with Crippen molar-refractivity contribution in [2.24, 2.45) is 0 Å². The fraction of sp³-hybridized carbons (Fsp3) is 0.250. The SMILES string of the molecule is BC(C)c1ccc(Cl)c(Cl)c1. The maximum Gasteiger partial charge on any atom is 0.110 e. The van der Waals surface area contributed by atoms with E-state index in [1.54, 1.807) is 0 Å². The van der Waals surface area contributed by atoms with Crippen molar-refractivity contribution < 1.29 is 0 Å². The summed E-state index contributed by atoms with van der Waals surface area (Å²) >= 11 is 11.6. The van der Waals surface area contributed by atoms with Crippen molar-refractivity contribution in [3.8, 4) is 0 Å². The molecule has 3 heteroatoms. The first-order valence-electron chi connectivity index (χ1n) is 3.56. The Bertz CT molecular complexity index is 258. The molecule has 0 radical (unpaired) electrons. The minimum Gasteiger partial charge on any atom is -0.0827 e. The van der Waals surface area contributed by atoms with Crippen molar-refractivity contribution in [1.82, 2.24) is 0 Å². The van der Waals surface area contributed by atoms with E-state index in [0.29, 0.717) is 15.9 Å². The Morgan fingerprint density at radius 3 is 2.36 bits per heavy atom. The van der Waals surface area contributed by atoms with Crippen LogP contribution in [0.2, 0.25) is 10.0 Å². The fourth-order valence-electron chi connectivity index (χ4n) is 0.871. The van der Waals surface area contributed by atoms with Crippen LogP contribution in [0.4, 0.5) is 0 Å². The fourth-order valence-corrected chi connectivity index (χ4v) is 1.18. The Morgan fingerprint density at radius 1 is 1.27 bits per heavy atom. The third kappa shape index (κ3) is 2.15. The summed E-state index contributed by atoms with van der Waals surface area (Å²) in [4.78, 5) is 0. The average Bonchev–Trinajstić information content (AvgIpc) is 1.94. The molecule has 11 heavy (non-hydrogen) atoms. The summed E-state index contributed by atoms with van der Waals surface area (Å²) in [6.07, 6.45) is 0. The highest BCUT2D eigenvalue weighted by atomic mass is 35.5. The molecule has 0 aliphatic rings. The minimum atomic E-state index is 0.504. The first kappa shape index (κ1) is 8.96. The zero-order chi connectivity index (χ0) is 8.43. The van der Waals surface area contributed by atoms with E-state index in [1.807, 2.05) is 18.2 Å². The third-order valence-electron chi connectivity index (χ3n) is 1.61. The standard InChI is InChI=1S/C8H9BCl2/c1-5(9)6-2-3-7(10)8(11)4-6/h2-5H,9H2,1H3. The van der Waals surface area contributed by atoms with Gasteiger partial charge in [-0.15, -0.1) is 0 Å². The van der Waals surface area contributed by atoms with Crippen LogP contribution in [0.15, 0.2) is 18.2 Å². The molecule has 0 fully saturated rings. The smallest absolute Gasteiger partial charge is 0.0827 e. The topological polar surface area (TPSA) is 0 Å². The normalized spacial score (nSPS) is 13.0. The lowest BCUT2D eigenvalue weighted by atomic mass is 9.83. The number of rotatable bonds is 1. The quantitative estimate of drug-likeness (QED) is 0.592. The second-order valence-corrected chi connectivity index (χ2v) is 3.64. The van der Waals surface area contributed by atoms with Crippen LogP contribution in [0, 0.1) is 0 Å². The van der Waals surface area contributed by atoms with Crippen LogP contribution in [0.1, 0.15) is 18.3 Å². The molecule has 1 atom stereocenters. The first-order chi connectivity index (χ1) is 5.11. The maximum atomic E-state index is 5.83. The van der Waals surface area contributed by atoms with Gasteiger partial charge in [-0.25, -0.2) is 0 Å². The number of hydrogen-bond donors (Lipinski definition) is 0. The van der Waals surface area contributed by atoms with Crippen molar-refractivity contribution in [2.45, 2.75) is 12.7 Å². The molecule has 1 aromatic rings. The average molecular weight is 187 g/mol. The summed E-state index contributed by atoms with van der Waals surface area (Å²) in [5.41, 5.74) is 1.22. The van der Waals surface area contributed by atoms with Crippen molar-refractivity contribution in [2.75, 3.05) is 0 Å². The summed E-state index contributed by atoms with van der Waals surface area (Å²) < 4.78 is 0. The van der Waals surface area contributed by atoms with Crippen LogP contribution in [-0.4, -0.2) is 7.85 Å². The minimum absolute atomic E-state index is 0.504.